The summed E-state index contributed by atoms with van der Waals surface area (Å²) in [6.07, 6.45) is 3.65. The Balaban J connectivity index is 0.00000200. The molecule has 0 bridgehead atoms. The molecule has 0 spiro atoms. The molecule has 20 heavy (non-hydrogen) atoms. The number of nitrogens with one attached hydrogen (secondary N) is 2. The monoisotopic (exact) mass is 298 g/mol. The molecule has 1 aliphatic heterocycles. The Morgan fingerprint density at radius 3 is 3.05 bits per heavy atom. The lowest BCUT2D eigenvalue weighted by atomic mass is 10.1. The summed E-state index contributed by atoms with van der Waals surface area (Å²) in [5, 5.41) is 6.32. The molecule has 0 aromatic carbocycles. The SMILES string of the molecule is CC(C)NC(=O)CN1CCNCC1c1cccnc1.Cl. The second kappa shape index (κ2) is 8.19. The van der Waals surface area contributed by atoms with Crippen molar-refractivity contribution in [3.8, 4) is 0 Å². The summed E-state index contributed by atoms with van der Waals surface area (Å²) in [4.78, 5) is 18.3. The number of carbonyl (C=O) groups is 1. The summed E-state index contributed by atoms with van der Waals surface area (Å²) in [6.45, 7) is 7.07. The van der Waals surface area contributed by atoms with Crippen LogP contribution < -0.4 is 10.6 Å². The van der Waals surface area contributed by atoms with Gasteiger partial charge in [-0.3, -0.25) is 14.7 Å². The van der Waals surface area contributed by atoms with Crippen molar-refractivity contribution in [3.63, 3.8) is 0 Å². The minimum absolute atomic E-state index is 0. The van der Waals surface area contributed by atoms with Gasteiger partial charge in [0.2, 0.25) is 5.91 Å². The quantitative estimate of drug-likeness (QED) is 0.870. The molecule has 2 heterocycles. The van der Waals surface area contributed by atoms with E-state index >= 15 is 0 Å². The van der Waals surface area contributed by atoms with Crippen molar-refractivity contribution in [1.82, 2.24) is 20.5 Å². The van der Waals surface area contributed by atoms with Gasteiger partial charge in [0.1, 0.15) is 0 Å². The van der Waals surface area contributed by atoms with Crippen LogP contribution in [-0.4, -0.2) is 48.0 Å². The highest BCUT2D eigenvalue weighted by Gasteiger charge is 2.25. The maximum Gasteiger partial charge on any atom is 0.234 e. The van der Waals surface area contributed by atoms with E-state index in [0.29, 0.717) is 6.54 Å². The molecule has 6 heteroatoms. The minimum atomic E-state index is 0. The normalized spacial score (nSPS) is 19.4. The molecular formula is C14H23ClN4O. The molecule has 1 aliphatic rings. The Morgan fingerprint density at radius 2 is 2.40 bits per heavy atom. The number of halogens is 1. The number of carbonyl (C=O) groups excluding carboxylic acids is 1. The van der Waals surface area contributed by atoms with E-state index in [1.54, 1.807) is 6.20 Å². The van der Waals surface area contributed by atoms with Gasteiger partial charge in [-0.1, -0.05) is 6.07 Å². The van der Waals surface area contributed by atoms with Gasteiger partial charge < -0.3 is 10.6 Å². The first kappa shape index (κ1) is 16.9. The molecule has 1 atom stereocenters. The van der Waals surface area contributed by atoms with Crippen LogP contribution in [0.25, 0.3) is 0 Å². The number of pyridine rings is 1. The molecule has 1 saturated heterocycles. The fourth-order valence-electron chi connectivity index (χ4n) is 2.39. The van der Waals surface area contributed by atoms with E-state index in [1.807, 2.05) is 26.1 Å². The average molecular weight is 299 g/mol. The lowest BCUT2D eigenvalue weighted by Crippen LogP contribution is -2.50. The maximum atomic E-state index is 11.9. The number of aromatic nitrogens is 1. The molecule has 112 valence electrons. The van der Waals surface area contributed by atoms with E-state index in [0.717, 1.165) is 25.2 Å². The van der Waals surface area contributed by atoms with E-state index < -0.39 is 0 Å². The fourth-order valence-corrected chi connectivity index (χ4v) is 2.39. The van der Waals surface area contributed by atoms with Gasteiger partial charge in [-0.15, -0.1) is 12.4 Å². The van der Waals surface area contributed by atoms with Crippen molar-refractivity contribution in [2.24, 2.45) is 0 Å². The van der Waals surface area contributed by atoms with Crippen LogP contribution in [0.4, 0.5) is 0 Å². The van der Waals surface area contributed by atoms with Crippen LogP contribution in [0, 0.1) is 0 Å². The summed E-state index contributed by atoms with van der Waals surface area (Å²) < 4.78 is 0. The molecule has 1 aromatic rings. The lowest BCUT2D eigenvalue weighted by molar-refractivity contribution is -0.123. The number of hydrogen-bond donors (Lipinski definition) is 2. The Morgan fingerprint density at radius 1 is 1.60 bits per heavy atom. The second-order valence-electron chi connectivity index (χ2n) is 5.20. The minimum Gasteiger partial charge on any atom is -0.353 e. The van der Waals surface area contributed by atoms with Gasteiger partial charge in [-0.2, -0.15) is 0 Å². The standard InChI is InChI=1S/C14H22N4O.ClH/c1-11(2)17-14(19)10-18-7-6-16-9-13(18)12-4-3-5-15-8-12;/h3-5,8,11,13,16H,6-7,9-10H2,1-2H3,(H,17,19);1H. The zero-order valence-corrected chi connectivity index (χ0v) is 12.8. The first-order valence-corrected chi connectivity index (χ1v) is 6.81. The highest BCUT2D eigenvalue weighted by atomic mass is 35.5. The van der Waals surface area contributed by atoms with Crippen molar-refractivity contribution in [2.45, 2.75) is 25.9 Å². The predicted molar refractivity (Wildman–Crippen MR) is 81.9 cm³/mol. The average Bonchev–Trinajstić information content (AvgIpc) is 2.39. The fraction of sp³-hybridized carbons (Fsp3) is 0.571. The van der Waals surface area contributed by atoms with Crippen LogP contribution in [0.5, 0.6) is 0 Å². The van der Waals surface area contributed by atoms with E-state index in [-0.39, 0.29) is 30.4 Å². The number of amides is 1. The van der Waals surface area contributed by atoms with Crippen LogP contribution in [0.3, 0.4) is 0 Å². The van der Waals surface area contributed by atoms with Crippen molar-refractivity contribution in [3.05, 3.63) is 30.1 Å². The third-order valence-electron chi connectivity index (χ3n) is 3.22. The Kier molecular flexibility index (Phi) is 6.91. The largest absolute Gasteiger partial charge is 0.353 e. The summed E-state index contributed by atoms with van der Waals surface area (Å²) >= 11 is 0. The van der Waals surface area contributed by atoms with Crippen LogP contribution in [0.1, 0.15) is 25.5 Å². The first-order valence-electron chi connectivity index (χ1n) is 6.81. The van der Waals surface area contributed by atoms with Crippen LogP contribution in [0.2, 0.25) is 0 Å². The van der Waals surface area contributed by atoms with Crippen molar-refractivity contribution in [2.75, 3.05) is 26.2 Å². The zero-order valence-electron chi connectivity index (χ0n) is 12.0. The third kappa shape index (κ3) is 4.74. The molecule has 1 fully saturated rings. The topological polar surface area (TPSA) is 57.3 Å². The molecule has 1 amide bonds. The molecule has 0 radical (unpaired) electrons. The molecule has 1 aromatic heterocycles. The first-order chi connectivity index (χ1) is 9.16. The predicted octanol–water partition coefficient (Wildman–Crippen LogP) is 0.974. The number of nitrogens with zero attached hydrogens (tertiary/aromatic N) is 2. The smallest absolute Gasteiger partial charge is 0.234 e. The van der Waals surface area contributed by atoms with Gasteiger partial charge in [-0.25, -0.2) is 0 Å². The molecule has 0 aliphatic carbocycles. The van der Waals surface area contributed by atoms with E-state index in [2.05, 4.69) is 26.6 Å². The van der Waals surface area contributed by atoms with E-state index in [9.17, 15) is 4.79 Å². The van der Waals surface area contributed by atoms with Gasteiger partial charge in [0.15, 0.2) is 0 Å². The van der Waals surface area contributed by atoms with Crippen LogP contribution in [-0.2, 0) is 4.79 Å². The lowest BCUT2D eigenvalue weighted by Gasteiger charge is -2.35. The number of hydrogen-bond acceptors (Lipinski definition) is 4. The maximum absolute atomic E-state index is 11.9. The number of rotatable bonds is 4. The Labute approximate surface area is 126 Å². The van der Waals surface area contributed by atoms with Crippen molar-refractivity contribution < 1.29 is 4.79 Å². The number of piperazine rings is 1. The van der Waals surface area contributed by atoms with E-state index in [1.165, 1.54) is 0 Å². The molecule has 2 N–H and O–H groups in total. The Hall–Kier alpha value is -1.17. The molecule has 2 rings (SSSR count). The third-order valence-corrected chi connectivity index (χ3v) is 3.22. The summed E-state index contributed by atoms with van der Waals surface area (Å²) in [5.74, 6) is 0.0887. The highest BCUT2D eigenvalue weighted by Crippen LogP contribution is 2.20. The Bertz CT molecular complexity index is 413. The van der Waals surface area contributed by atoms with Crippen LogP contribution in [0.15, 0.2) is 24.5 Å². The summed E-state index contributed by atoms with van der Waals surface area (Å²) in [6, 6.07) is 4.42. The molecular weight excluding hydrogens is 276 g/mol. The van der Waals surface area contributed by atoms with Gasteiger partial charge in [-0.05, 0) is 25.5 Å². The van der Waals surface area contributed by atoms with Crippen LogP contribution >= 0.6 is 12.4 Å². The second-order valence-corrected chi connectivity index (χ2v) is 5.20. The van der Waals surface area contributed by atoms with Crippen molar-refractivity contribution >= 4 is 18.3 Å². The highest BCUT2D eigenvalue weighted by molar-refractivity contribution is 5.85. The van der Waals surface area contributed by atoms with Crippen molar-refractivity contribution in [1.29, 1.82) is 0 Å². The summed E-state index contributed by atoms with van der Waals surface area (Å²) in [5.41, 5.74) is 1.16. The van der Waals surface area contributed by atoms with Gasteiger partial charge >= 0.3 is 0 Å². The molecule has 5 nitrogen and oxygen atoms in total. The summed E-state index contributed by atoms with van der Waals surface area (Å²) in [7, 11) is 0. The van der Waals surface area contributed by atoms with Gasteiger partial charge in [0.25, 0.3) is 0 Å². The van der Waals surface area contributed by atoms with Gasteiger partial charge in [0, 0.05) is 44.1 Å². The van der Waals surface area contributed by atoms with Gasteiger partial charge in [0.05, 0.1) is 6.54 Å². The van der Waals surface area contributed by atoms with E-state index in [4.69, 9.17) is 0 Å². The zero-order chi connectivity index (χ0) is 13.7. The molecule has 0 saturated carbocycles. The molecule has 1 unspecified atom stereocenters.